The lowest BCUT2D eigenvalue weighted by Crippen LogP contribution is -2.38. The number of anilines is 1. The van der Waals surface area contributed by atoms with E-state index >= 15 is 0 Å². The largest absolute Gasteiger partial charge is 0.441 e. The highest BCUT2D eigenvalue weighted by molar-refractivity contribution is 14.1. The molecule has 3 rings (SSSR count). The average molecular weight is 425 g/mol. The molecule has 2 amide bonds. The molecule has 23 heavy (non-hydrogen) atoms. The number of ether oxygens (including phenoxy) is 1. The Morgan fingerprint density at radius 3 is 2.91 bits per heavy atom. The number of hydrogen-bond acceptors (Lipinski definition) is 4. The molecule has 0 spiro atoms. The van der Waals surface area contributed by atoms with E-state index in [1.807, 2.05) is 37.3 Å². The van der Waals surface area contributed by atoms with Gasteiger partial charge in [-0.05, 0) is 31.2 Å². The lowest BCUT2D eigenvalue weighted by molar-refractivity contribution is -0.119. The van der Waals surface area contributed by atoms with E-state index in [2.05, 4.69) is 32.9 Å². The number of carbonyl (C=O) groups excluding carboxylic acids is 2. The number of halogens is 1. The summed E-state index contributed by atoms with van der Waals surface area (Å²) in [6.45, 7) is 3.69. The van der Waals surface area contributed by atoms with Gasteiger partial charge >= 0.3 is 6.09 Å². The number of nitrogens with one attached hydrogen (secondary N) is 1. The molecule has 7 heteroatoms. The number of rotatable bonds is 3. The Hall–Kier alpha value is -1.90. The predicted molar refractivity (Wildman–Crippen MR) is 95.7 cm³/mol. The van der Waals surface area contributed by atoms with Gasteiger partial charge in [0.1, 0.15) is 4.05 Å². The molecule has 1 fully saturated rings. The lowest BCUT2D eigenvalue weighted by Gasteiger charge is -2.19. The highest BCUT2D eigenvalue weighted by Crippen LogP contribution is 2.32. The molecule has 1 aliphatic heterocycles. The zero-order valence-electron chi connectivity index (χ0n) is 12.7. The Kier molecular flexibility index (Phi) is 4.38. The number of aromatic nitrogens is 1. The Bertz CT molecular complexity index is 780. The van der Waals surface area contributed by atoms with Gasteiger partial charge in [0, 0.05) is 23.7 Å². The molecule has 1 aromatic carbocycles. The number of cyclic esters (lactones) is 1. The van der Waals surface area contributed by atoms with Crippen LogP contribution in [0.4, 0.5) is 10.5 Å². The van der Waals surface area contributed by atoms with E-state index in [0.717, 1.165) is 22.3 Å². The minimum absolute atomic E-state index is 0.143. The van der Waals surface area contributed by atoms with Crippen LogP contribution in [0.3, 0.4) is 0 Å². The normalized spacial score (nSPS) is 20.7. The third-order valence-corrected chi connectivity index (χ3v) is 5.00. The highest BCUT2D eigenvalue weighted by Gasteiger charge is 2.41. The molecule has 6 nitrogen and oxygen atoms in total. The maximum Gasteiger partial charge on any atom is 0.415 e. The van der Waals surface area contributed by atoms with Gasteiger partial charge < -0.3 is 10.1 Å². The number of alkyl halides is 1. The van der Waals surface area contributed by atoms with E-state index in [9.17, 15) is 9.59 Å². The van der Waals surface area contributed by atoms with Crippen molar-refractivity contribution < 1.29 is 14.3 Å². The molecule has 2 atom stereocenters. The van der Waals surface area contributed by atoms with E-state index in [4.69, 9.17) is 4.74 Å². The summed E-state index contributed by atoms with van der Waals surface area (Å²) in [5, 5.41) is 3.66. The topological polar surface area (TPSA) is 71.5 Å². The van der Waals surface area contributed by atoms with Crippen LogP contribution in [0.25, 0.3) is 10.9 Å². The van der Waals surface area contributed by atoms with E-state index in [1.54, 1.807) is 4.90 Å². The number of fused-ring (bicyclic) bond motifs is 1. The van der Waals surface area contributed by atoms with Gasteiger partial charge in [0.25, 0.3) is 0 Å². The van der Waals surface area contributed by atoms with Gasteiger partial charge in [0.2, 0.25) is 5.91 Å². The molecule has 1 aromatic heterocycles. The summed E-state index contributed by atoms with van der Waals surface area (Å²) in [5.41, 5.74) is 2.60. The van der Waals surface area contributed by atoms with Gasteiger partial charge in [-0.25, -0.2) is 4.79 Å². The molecule has 1 saturated heterocycles. The molecule has 0 bridgehead atoms. The number of aryl methyl sites for hydroxylation is 1. The van der Waals surface area contributed by atoms with Gasteiger partial charge in [-0.2, -0.15) is 0 Å². The zero-order valence-corrected chi connectivity index (χ0v) is 14.9. The standard InChI is InChI=1S/C16H16IN3O3/c1-9-3-4-11-7-12(5-6-13(11)19-9)20-15(17)14(23-16(20)22)8-18-10(2)21/h3-7,14-15H,8H2,1-2H3,(H,18,21)/t14-,15?/m0/s1. The number of carbonyl (C=O) groups is 2. The smallest absolute Gasteiger partial charge is 0.415 e. The SMILES string of the molecule is CC(=O)NC[C@@H]1OC(=O)N(c2ccc3nc(C)ccc3c2)C1I. The molecule has 120 valence electrons. The van der Waals surface area contributed by atoms with Crippen molar-refractivity contribution in [1.82, 2.24) is 10.3 Å². The molecule has 1 N–H and O–H groups in total. The van der Waals surface area contributed by atoms with E-state index in [-0.39, 0.29) is 16.1 Å². The third-order valence-electron chi connectivity index (χ3n) is 3.64. The van der Waals surface area contributed by atoms with Crippen LogP contribution in [0, 0.1) is 6.92 Å². The summed E-state index contributed by atoms with van der Waals surface area (Å²) >= 11 is 2.16. The van der Waals surface area contributed by atoms with Crippen molar-refractivity contribution in [3.63, 3.8) is 0 Å². The van der Waals surface area contributed by atoms with Crippen LogP contribution in [0.5, 0.6) is 0 Å². The lowest BCUT2D eigenvalue weighted by atomic mass is 10.1. The first-order valence-corrected chi connectivity index (χ1v) is 8.46. The van der Waals surface area contributed by atoms with Crippen molar-refractivity contribution in [2.75, 3.05) is 11.4 Å². The van der Waals surface area contributed by atoms with Crippen LogP contribution in [-0.4, -0.2) is 33.7 Å². The average Bonchev–Trinajstić information content (AvgIpc) is 2.79. The van der Waals surface area contributed by atoms with Crippen molar-refractivity contribution in [1.29, 1.82) is 0 Å². The van der Waals surface area contributed by atoms with Crippen LogP contribution in [-0.2, 0) is 9.53 Å². The minimum atomic E-state index is -0.404. The van der Waals surface area contributed by atoms with E-state index in [1.165, 1.54) is 6.92 Å². The molecular formula is C16H16IN3O3. The van der Waals surface area contributed by atoms with Crippen molar-refractivity contribution in [2.45, 2.75) is 24.0 Å². The summed E-state index contributed by atoms with van der Waals surface area (Å²) < 4.78 is 5.18. The quantitative estimate of drug-likeness (QED) is 0.467. The summed E-state index contributed by atoms with van der Waals surface area (Å²) in [4.78, 5) is 29.3. The third kappa shape index (κ3) is 3.24. The minimum Gasteiger partial charge on any atom is -0.441 e. The molecule has 0 radical (unpaired) electrons. The number of nitrogens with zero attached hydrogens (tertiary/aromatic N) is 2. The molecule has 0 saturated carbocycles. The summed E-state index contributed by atoms with van der Waals surface area (Å²) in [7, 11) is 0. The monoisotopic (exact) mass is 425 g/mol. The molecule has 2 aromatic rings. The second-order valence-corrected chi connectivity index (χ2v) is 6.71. The number of amides is 2. The predicted octanol–water partition coefficient (Wildman–Crippen LogP) is 2.77. The van der Waals surface area contributed by atoms with Crippen LogP contribution in [0.2, 0.25) is 0 Å². The van der Waals surface area contributed by atoms with Crippen LogP contribution < -0.4 is 10.2 Å². The van der Waals surface area contributed by atoms with Crippen molar-refractivity contribution >= 4 is 51.2 Å². The summed E-state index contributed by atoms with van der Waals surface area (Å²) in [5.74, 6) is -0.143. The first-order valence-electron chi connectivity index (χ1n) is 7.21. The van der Waals surface area contributed by atoms with Crippen molar-refractivity contribution in [3.8, 4) is 0 Å². The Morgan fingerprint density at radius 2 is 2.17 bits per heavy atom. The molecule has 2 heterocycles. The van der Waals surface area contributed by atoms with Crippen LogP contribution >= 0.6 is 22.6 Å². The van der Waals surface area contributed by atoms with Gasteiger partial charge in [-0.3, -0.25) is 14.7 Å². The second-order valence-electron chi connectivity index (χ2n) is 5.43. The number of benzene rings is 1. The van der Waals surface area contributed by atoms with E-state index < -0.39 is 6.09 Å². The van der Waals surface area contributed by atoms with Crippen molar-refractivity contribution in [2.24, 2.45) is 0 Å². The fourth-order valence-electron chi connectivity index (χ4n) is 2.51. The van der Waals surface area contributed by atoms with Gasteiger partial charge in [0.05, 0.1) is 12.1 Å². The molecule has 0 aliphatic carbocycles. The number of hydrogen-bond donors (Lipinski definition) is 1. The van der Waals surface area contributed by atoms with Crippen LogP contribution in [0.1, 0.15) is 12.6 Å². The number of pyridine rings is 1. The Morgan fingerprint density at radius 1 is 1.39 bits per heavy atom. The second kappa shape index (κ2) is 6.31. The Labute approximate surface area is 147 Å². The van der Waals surface area contributed by atoms with Gasteiger partial charge in [-0.1, -0.05) is 28.7 Å². The highest BCUT2D eigenvalue weighted by atomic mass is 127. The summed E-state index contributed by atoms with van der Waals surface area (Å²) in [6.07, 6.45) is -0.780. The fourth-order valence-corrected chi connectivity index (χ4v) is 3.46. The maximum absolute atomic E-state index is 12.2. The van der Waals surface area contributed by atoms with Gasteiger partial charge in [0.15, 0.2) is 6.10 Å². The first-order chi connectivity index (χ1) is 11.0. The van der Waals surface area contributed by atoms with Crippen LogP contribution in [0.15, 0.2) is 30.3 Å². The molecular weight excluding hydrogens is 409 g/mol. The summed E-state index contributed by atoms with van der Waals surface area (Å²) in [6, 6.07) is 9.61. The molecule has 1 unspecified atom stereocenters. The van der Waals surface area contributed by atoms with Crippen molar-refractivity contribution in [3.05, 3.63) is 36.0 Å². The fraction of sp³-hybridized carbons (Fsp3) is 0.312. The zero-order chi connectivity index (χ0) is 16.6. The maximum atomic E-state index is 12.2. The Balaban J connectivity index is 1.87. The van der Waals surface area contributed by atoms with Gasteiger partial charge in [-0.15, -0.1) is 0 Å². The molecule has 1 aliphatic rings. The first kappa shape index (κ1) is 16.0. The van der Waals surface area contributed by atoms with E-state index in [0.29, 0.717) is 6.54 Å².